The van der Waals surface area contributed by atoms with E-state index in [1.165, 1.54) is 6.07 Å². The van der Waals surface area contributed by atoms with Crippen LogP contribution >= 0.6 is 11.6 Å². The van der Waals surface area contributed by atoms with Crippen LogP contribution in [0.2, 0.25) is 5.02 Å². The zero-order valence-electron chi connectivity index (χ0n) is 6.14. The highest BCUT2D eigenvalue weighted by molar-refractivity contribution is 6.30. The van der Waals surface area contributed by atoms with Crippen molar-refractivity contribution in [2.75, 3.05) is 0 Å². The summed E-state index contributed by atoms with van der Waals surface area (Å²) in [5.74, 6) is -0.340. The molecule has 0 aromatic heterocycles. The van der Waals surface area contributed by atoms with Crippen LogP contribution in [0.4, 0.5) is 4.39 Å². The number of hydrogen-bond donors (Lipinski definition) is 1. The third kappa shape index (κ3) is 1.91. The minimum Gasteiger partial charge on any atom is -0.324 e. The van der Waals surface area contributed by atoms with Gasteiger partial charge in [0.15, 0.2) is 0 Å². The number of benzene rings is 1. The molecule has 0 amide bonds. The van der Waals surface area contributed by atoms with Crippen LogP contribution in [0.5, 0.6) is 0 Å². The van der Waals surface area contributed by atoms with Gasteiger partial charge >= 0.3 is 0 Å². The number of nitrogens with two attached hydrogens (primary N) is 1. The Hall–Kier alpha value is -0.600. The molecule has 11 heavy (non-hydrogen) atoms. The van der Waals surface area contributed by atoms with Crippen LogP contribution in [0, 0.1) is 5.82 Å². The summed E-state index contributed by atoms with van der Waals surface area (Å²) in [5.41, 5.74) is 5.98. The Morgan fingerprint density at radius 2 is 2.18 bits per heavy atom. The lowest BCUT2D eigenvalue weighted by atomic mass is 10.1. The summed E-state index contributed by atoms with van der Waals surface area (Å²) in [4.78, 5) is 0. The summed E-state index contributed by atoms with van der Waals surface area (Å²) >= 11 is 5.54. The Morgan fingerprint density at radius 3 is 2.64 bits per heavy atom. The van der Waals surface area contributed by atoms with Crippen molar-refractivity contribution in [2.24, 2.45) is 5.73 Å². The smallest absolute Gasteiger partial charge is 0.129 e. The second-order valence-electron chi connectivity index (χ2n) is 2.45. The van der Waals surface area contributed by atoms with E-state index in [-0.39, 0.29) is 11.9 Å². The van der Waals surface area contributed by atoms with Crippen molar-refractivity contribution in [3.8, 4) is 0 Å². The Morgan fingerprint density at radius 1 is 1.55 bits per heavy atom. The lowest BCUT2D eigenvalue weighted by Crippen LogP contribution is -2.06. The highest BCUT2D eigenvalue weighted by Gasteiger charge is 2.05. The highest BCUT2D eigenvalue weighted by atomic mass is 35.5. The summed E-state index contributed by atoms with van der Waals surface area (Å²) in [6.45, 7) is 1.73. The van der Waals surface area contributed by atoms with Crippen molar-refractivity contribution < 1.29 is 4.39 Å². The van der Waals surface area contributed by atoms with E-state index in [0.29, 0.717) is 10.6 Å². The van der Waals surface area contributed by atoms with Crippen molar-refractivity contribution in [1.82, 2.24) is 0 Å². The summed E-state index contributed by atoms with van der Waals surface area (Å²) in [6.07, 6.45) is 0. The Bertz CT molecular complexity index is 260. The summed E-state index contributed by atoms with van der Waals surface area (Å²) < 4.78 is 12.9. The highest BCUT2D eigenvalue weighted by Crippen LogP contribution is 2.18. The first kappa shape index (κ1) is 8.50. The van der Waals surface area contributed by atoms with E-state index < -0.39 is 0 Å². The SMILES string of the molecule is C[C@H](N)c1ccc(Cl)cc1F. The molecule has 0 aliphatic carbocycles. The fourth-order valence-electron chi connectivity index (χ4n) is 0.871. The van der Waals surface area contributed by atoms with Crippen molar-refractivity contribution in [3.05, 3.63) is 34.6 Å². The van der Waals surface area contributed by atoms with Crippen LogP contribution < -0.4 is 5.73 Å². The molecule has 1 atom stereocenters. The number of halogens is 2. The van der Waals surface area contributed by atoms with E-state index >= 15 is 0 Å². The van der Waals surface area contributed by atoms with E-state index in [2.05, 4.69) is 0 Å². The maximum atomic E-state index is 12.9. The standard InChI is InChI=1S/C8H9ClFN/c1-5(11)7-3-2-6(9)4-8(7)10/h2-5H,11H2,1H3/t5-/m0/s1. The lowest BCUT2D eigenvalue weighted by molar-refractivity contribution is 0.594. The molecule has 3 heteroatoms. The van der Waals surface area contributed by atoms with E-state index in [1.54, 1.807) is 19.1 Å². The molecule has 0 bridgehead atoms. The third-order valence-corrected chi connectivity index (χ3v) is 1.69. The molecule has 0 saturated heterocycles. The summed E-state index contributed by atoms with van der Waals surface area (Å²) in [7, 11) is 0. The molecule has 1 aromatic rings. The number of rotatable bonds is 1. The van der Waals surface area contributed by atoms with Gasteiger partial charge < -0.3 is 5.73 Å². The van der Waals surface area contributed by atoms with Gasteiger partial charge in [-0.3, -0.25) is 0 Å². The quantitative estimate of drug-likeness (QED) is 0.694. The van der Waals surface area contributed by atoms with Crippen LogP contribution in [-0.2, 0) is 0 Å². The van der Waals surface area contributed by atoms with E-state index in [0.717, 1.165) is 0 Å². The van der Waals surface area contributed by atoms with Crippen LogP contribution in [0.3, 0.4) is 0 Å². The van der Waals surface area contributed by atoms with Gasteiger partial charge in [0.1, 0.15) is 5.82 Å². The second-order valence-corrected chi connectivity index (χ2v) is 2.89. The number of hydrogen-bond acceptors (Lipinski definition) is 1. The minimum absolute atomic E-state index is 0.285. The molecule has 0 fully saturated rings. The summed E-state index contributed by atoms with van der Waals surface area (Å²) in [5, 5.41) is 0.395. The molecule has 1 nitrogen and oxygen atoms in total. The first-order valence-electron chi connectivity index (χ1n) is 3.32. The molecule has 0 spiro atoms. The average molecular weight is 174 g/mol. The maximum Gasteiger partial charge on any atom is 0.129 e. The molecule has 2 N–H and O–H groups in total. The van der Waals surface area contributed by atoms with E-state index in [1.807, 2.05) is 0 Å². The van der Waals surface area contributed by atoms with Gasteiger partial charge in [0.2, 0.25) is 0 Å². The van der Waals surface area contributed by atoms with Crippen LogP contribution in [0.1, 0.15) is 18.5 Å². The normalized spacial score (nSPS) is 13.1. The Kier molecular flexibility index (Phi) is 2.47. The van der Waals surface area contributed by atoms with Crippen molar-refractivity contribution >= 4 is 11.6 Å². The van der Waals surface area contributed by atoms with Crippen molar-refractivity contribution in [2.45, 2.75) is 13.0 Å². The van der Waals surface area contributed by atoms with E-state index in [9.17, 15) is 4.39 Å². The first-order chi connectivity index (χ1) is 5.11. The van der Waals surface area contributed by atoms with Crippen LogP contribution in [0.25, 0.3) is 0 Å². The molecule has 0 aliphatic rings. The molecule has 60 valence electrons. The third-order valence-electron chi connectivity index (χ3n) is 1.45. The second kappa shape index (κ2) is 3.20. The van der Waals surface area contributed by atoms with Gasteiger partial charge in [-0.25, -0.2) is 4.39 Å². The Labute approximate surface area is 70.0 Å². The van der Waals surface area contributed by atoms with Gasteiger partial charge in [-0.1, -0.05) is 17.7 Å². The first-order valence-corrected chi connectivity index (χ1v) is 3.69. The molecule has 1 rings (SSSR count). The van der Waals surface area contributed by atoms with Gasteiger partial charge in [0.05, 0.1) is 0 Å². The van der Waals surface area contributed by atoms with Gasteiger partial charge in [0, 0.05) is 16.6 Å². The fourth-order valence-corrected chi connectivity index (χ4v) is 1.03. The lowest BCUT2D eigenvalue weighted by Gasteiger charge is -2.05. The topological polar surface area (TPSA) is 26.0 Å². The molecular weight excluding hydrogens is 165 g/mol. The molecular formula is C8H9ClFN. The minimum atomic E-state index is -0.340. The molecule has 0 radical (unpaired) electrons. The molecule has 0 unspecified atom stereocenters. The predicted molar refractivity (Wildman–Crippen MR) is 44.0 cm³/mol. The monoisotopic (exact) mass is 173 g/mol. The van der Waals surface area contributed by atoms with Crippen molar-refractivity contribution in [1.29, 1.82) is 0 Å². The van der Waals surface area contributed by atoms with Crippen LogP contribution in [-0.4, -0.2) is 0 Å². The molecule has 1 aromatic carbocycles. The molecule has 0 heterocycles. The van der Waals surface area contributed by atoms with Gasteiger partial charge in [-0.2, -0.15) is 0 Å². The Balaban J connectivity index is 3.09. The van der Waals surface area contributed by atoms with Crippen LogP contribution in [0.15, 0.2) is 18.2 Å². The van der Waals surface area contributed by atoms with Crippen molar-refractivity contribution in [3.63, 3.8) is 0 Å². The molecule has 0 aliphatic heterocycles. The largest absolute Gasteiger partial charge is 0.324 e. The zero-order chi connectivity index (χ0) is 8.43. The van der Waals surface area contributed by atoms with Gasteiger partial charge in [-0.05, 0) is 19.1 Å². The predicted octanol–water partition coefficient (Wildman–Crippen LogP) is 2.50. The fraction of sp³-hybridized carbons (Fsp3) is 0.250. The zero-order valence-corrected chi connectivity index (χ0v) is 6.90. The molecule has 0 saturated carbocycles. The van der Waals surface area contributed by atoms with E-state index in [4.69, 9.17) is 17.3 Å². The van der Waals surface area contributed by atoms with Gasteiger partial charge in [0.25, 0.3) is 0 Å². The maximum absolute atomic E-state index is 12.9. The summed E-state index contributed by atoms with van der Waals surface area (Å²) in [6, 6.07) is 4.21. The van der Waals surface area contributed by atoms with Gasteiger partial charge in [-0.15, -0.1) is 0 Å². The average Bonchev–Trinajstić information content (AvgIpc) is 1.85.